The maximum Gasteiger partial charge on any atom is 0.0262 e. The van der Waals surface area contributed by atoms with Gasteiger partial charge < -0.3 is 0 Å². The van der Waals surface area contributed by atoms with Gasteiger partial charge in [-0.05, 0) is 18.6 Å². The summed E-state index contributed by atoms with van der Waals surface area (Å²) in [7, 11) is 0. The first-order chi connectivity index (χ1) is 4.34. The third-order valence-corrected chi connectivity index (χ3v) is 3.77. The van der Waals surface area contributed by atoms with E-state index in [-0.39, 0.29) is 0 Å². The lowest BCUT2D eigenvalue weighted by Crippen LogP contribution is -2.00. The molecule has 9 heavy (non-hydrogen) atoms. The molecule has 0 nitrogen and oxygen atoms in total. The Morgan fingerprint density at radius 1 is 1.78 bits per heavy atom. The van der Waals surface area contributed by atoms with Crippen molar-refractivity contribution < 1.29 is 0 Å². The Morgan fingerprint density at radius 2 is 2.56 bits per heavy atom. The molecular formula is C7H11BrS. The molecule has 1 unspecified atom stereocenters. The van der Waals surface area contributed by atoms with Gasteiger partial charge >= 0.3 is 0 Å². The van der Waals surface area contributed by atoms with Gasteiger partial charge in [0.2, 0.25) is 0 Å². The lowest BCUT2D eigenvalue weighted by molar-refractivity contribution is 0.857. The van der Waals surface area contributed by atoms with Crippen LogP contribution >= 0.6 is 27.7 Å². The molecule has 0 spiro atoms. The van der Waals surface area contributed by atoms with Crippen LogP contribution in [0.2, 0.25) is 0 Å². The molecule has 2 heteroatoms. The van der Waals surface area contributed by atoms with Crippen molar-refractivity contribution in [2.45, 2.75) is 18.1 Å². The maximum absolute atomic E-state index is 3.99. The van der Waals surface area contributed by atoms with Crippen molar-refractivity contribution in [1.29, 1.82) is 0 Å². The molecule has 0 aliphatic carbocycles. The zero-order valence-electron chi connectivity index (χ0n) is 5.40. The van der Waals surface area contributed by atoms with Crippen molar-refractivity contribution in [2.75, 3.05) is 11.1 Å². The Balaban J connectivity index is 2.32. The van der Waals surface area contributed by atoms with Crippen LogP contribution < -0.4 is 0 Å². The van der Waals surface area contributed by atoms with Crippen LogP contribution in [-0.2, 0) is 0 Å². The monoisotopic (exact) mass is 206 g/mol. The van der Waals surface area contributed by atoms with Gasteiger partial charge in [0.15, 0.2) is 0 Å². The number of rotatable bonds is 2. The fraction of sp³-hybridized carbons (Fsp3) is 0.714. The zero-order chi connectivity index (χ0) is 6.69. The molecule has 0 aromatic heterocycles. The molecule has 1 saturated heterocycles. The van der Waals surface area contributed by atoms with Crippen LogP contribution in [0.25, 0.3) is 0 Å². The summed E-state index contributed by atoms with van der Waals surface area (Å²) < 4.78 is 0. The van der Waals surface area contributed by atoms with Gasteiger partial charge in [0.05, 0.1) is 0 Å². The minimum atomic E-state index is 0.754. The number of thioether (sulfide) groups is 1. The molecule has 0 aromatic carbocycles. The summed E-state index contributed by atoms with van der Waals surface area (Å²) in [5, 5.41) is 1.73. The number of hydrogen-bond donors (Lipinski definition) is 0. The predicted octanol–water partition coefficient (Wildman–Crippen LogP) is 2.83. The lowest BCUT2D eigenvalue weighted by Gasteiger charge is -2.07. The molecule has 0 bridgehead atoms. The molecule has 1 aliphatic heterocycles. The second-order valence-corrected chi connectivity index (χ2v) is 4.16. The molecule has 0 radical (unpaired) electrons. The van der Waals surface area contributed by atoms with Gasteiger partial charge in [-0.15, -0.1) is 0 Å². The molecule has 52 valence electrons. The van der Waals surface area contributed by atoms with Crippen molar-refractivity contribution in [3.8, 4) is 0 Å². The molecule has 0 saturated carbocycles. The first-order valence-electron chi connectivity index (χ1n) is 3.20. The number of hydrogen-bond acceptors (Lipinski definition) is 1. The first kappa shape index (κ1) is 7.67. The van der Waals surface area contributed by atoms with Crippen molar-refractivity contribution in [3.05, 3.63) is 12.2 Å². The number of alkyl halides is 1. The van der Waals surface area contributed by atoms with E-state index in [4.69, 9.17) is 0 Å². The zero-order valence-corrected chi connectivity index (χ0v) is 7.80. The van der Waals surface area contributed by atoms with Crippen molar-refractivity contribution in [1.82, 2.24) is 0 Å². The molecule has 0 amide bonds. The highest BCUT2D eigenvalue weighted by molar-refractivity contribution is 9.09. The molecule has 1 atom stereocenters. The quantitative estimate of drug-likeness (QED) is 0.495. The van der Waals surface area contributed by atoms with Crippen LogP contribution in [0.4, 0.5) is 0 Å². The molecule has 0 aromatic rings. The third-order valence-electron chi connectivity index (χ3n) is 1.56. The van der Waals surface area contributed by atoms with Gasteiger partial charge in [-0.3, -0.25) is 0 Å². The number of halogens is 1. The van der Waals surface area contributed by atoms with E-state index in [0.29, 0.717) is 0 Å². The van der Waals surface area contributed by atoms with Crippen molar-refractivity contribution in [2.24, 2.45) is 0 Å². The van der Waals surface area contributed by atoms with E-state index in [1.54, 1.807) is 0 Å². The van der Waals surface area contributed by atoms with Gasteiger partial charge in [0, 0.05) is 10.6 Å². The minimum absolute atomic E-state index is 0.754. The average Bonchev–Trinajstić information content (AvgIpc) is 2.37. The Labute approximate surface area is 69.2 Å². The van der Waals surface area contributed by atoms with Gasteiger partial charge in [-0.2, -0.15) is 11.8 Å². The van der Waals surface area contributed by atoms with Crippen LogP contribution in [0, 0.1) is 0 Å². The van der Waals surface area contributed by atoms with Crippen LogP contribution in [0.5, 0.6) is 0 Å². The highest BCUT2D eigenvalue weighted by atomic mass is 79.9. The van der Waals surface area contributed by atoms with Crippen molar-refractivity contribution in [3.63, 3.8) is 0 Å². The summed E-state index contributed by atoms with van der Waals surface area (Å²) in [6.07, 6.45) is 2.72. The Morgan fingerprint density at radius 3 is 3.00 bits per heavy atom. The van der Waals surface area contributed by atoms with Gasteiger partial charge in [0.1, 0.15) is 0 Å². The van der Waals surface area contributed by atoms with Crippen LogP contribution in [0.1, 0.15) is 12.8 Å². The Bertz CT molecular complexity index is 105. The van der Waals surface area contributed by atoms with E-state index in [1.165, 1.54) is 24.2 Å². The van der Waals surface area contributed by atoms with Gasteiger partial charge in [0.25, 0.3) is 0 Å². The highest BCUT2D eigenvalue weighted by Crippen LogP contribution is 2.31. The molecule has 1 rings (SSSR count). The van der Waals surface area contributed by atoms with E-state index in [0.717, 1.165) is 10.6 Å². The summed E-state index contributed by atoms with van der Waals surface area (Å²) in [5.74, 6) is 1.33. The van der Waals surface area contributed by atoms with E-state index in [2.05, 4.69) is 22.5 Å². The topological polar surface area (TPSA) is 0 Å². The molecule has 1 fully saturated rings. The normalized spacial score (nSPS) is 26.6. The summed E-state index contributed by atoms with van der Waals surface area (Å²) >= 11 is 5.46. The fourth-order valence-electron chi connectivity index (χ4n) is 0.986. The SMILES string of the molecule is C=C(CBr)C1CCCS1. The van der Waals surface area contributed by atoms with Crippen LogP contribution in [-0.4, -0.2) is 16.3 Å². The molecular weight excluding hydrogens is 196 g/mol. The average molecular weight is 207 g/mol. The van der Waals surface area contributed by atoms with E-state index < -0.39 is 0 Å². The van der Waals surface area contributed by atoms with E-state index >= 15 is 0 Å². The smallest absolute Gasteiger partial charge is 0.0262 e. The molecule has 0 N–H and O–H groups in total. The van der Waals surface area contributed by atoms with Crippen LogP contribution in [0.3, 0.4) is 0 Å². The largest absolute Gasteiger partial charge is 0.154 e. The lowest BCUT2D eigenvalue weighted by atomic mass is 10.1. The van der Waals surface area contributed by atoms with Gasteiger partial charge in [-0.1, -0.05) is 28.1 Å². The highest BCUT2D eigenvalue weighted by Gasteiger charge is 2.16. The van der Waals surface area contributed by atoms with Crippen LogP contribution in [0.15, 0.2) is 12.2 Å². The predicted molar refractivity (Wildman–Crippen MR) is 48.4 cm³/mol. The van der Waals surface area contributed by atoms with E-state index in [1.807, 2.05) is 11.8 Å². The summed E-state index contributed by atoms with van der Waals surface area (Å²) in [6.45, 7) is 3.99. The van der Waals surface area contributed by atoms with Crippen molar-refractivity contribution >= 4 is 27.7 Å². The standard InChI is InChI=1S/C7H11BrS/c1-6(5-8)7-3-2-4-9-7/h7H,1-5H2. The fourth-order valence-corrected chi connectivity index (χ4v) is 2.86. The summed E-state index contributed by atoms with van der Waals surface area (Å²) in [4.78, 5) is 0. The Hall–Kier alpha value is 0.570. The maximum atomic E-state index is 3.99. The second kappa shape index (κ2) is 3.67. The summed E-state index contributed by atoms with van der Waals surface area (Å²) in [5.41, 5.74) is 1.36. The van der Waals surface area contributed by atoms with E-state index in [9.17, 15) is 0 Å². The van der Waals surface area contributed by atoms with Gasteiger partial charge in [-0.25, -0.2) is 0 Å². The first-order valence-corrected chi connectivity index (χ1v) is 5.37. The minimum Gasteiger partial charge on any atom is -0.154 e. The second-order valence-electron chi connectivity index (χ2n) is 2.29. The summed E-state index contributed by atoms with van der Waals surface area (Å²) in [6, 6.07) is 0. The molecule has 1 aliphatic rings. The Kier molecular flexibility index (Phi) is 3.13. The molecule has 1 heterocycles. The third kappa shape index (κ3) is 2.01.